The van der Waals surface area contributed by atoms with E-state index < -0.39 is 89.7 Å². The highest BCUT2D eigenvalue weighted by Gasteiger charge is 2.75. The molecule has 0 unspecified atom stereocenters. The van der Waals surface area contributed by atoms with Crippen LogP contribution in [0.4, 0.5) is 4.39 Å². The summed E-state index contributed by atoms with van der Waals surface area (Å²) < 4.78 is 21.4. The standard InChI is InChI=1S/C22H29FO5.C6H12O6/c1-12-8-16-15-5-4-13-9-14(25)6-7-19(13,2)21(15,23)17(26)10-20(16,3)22(12,28)18(27)11-24;7-1-2-3(8)4(9)5(10)6(11)12-2/h6-7,9,12,15-17,24,26,28H,4-5,8,10-11H2,1-3H3;2-11H,1H2/t12-,15+,16+,17+,19+,20+,21+,22+;2-,3+,4+,5-,6-/m11/s1. The summed E-state index contributed by atoms with van der Waals surface area (Å²) in [5.41, 5.74) is -5.17. The van der Waals surface area contributed by atoms with Gasteiger partial charge in [0.05, 0.1) is 12.7 Å². The summed E-state index contributed by atoms with van der Waals surface area (Å²) in [6.07, 6.45) is -2.60. The molecule has 4 aliphatic carbocycles. The number of ketones is 2. The SMILES string of the molecule is C[C@@H]1C[C@H]2[C@@H]3CCC4=CC(=O)C=C[C@]4(C)[C@@]3(F)[C@@H](O)C[C@]2(C)[C@@]1(O)C(=O)CO.OC[C@H]1O[C@@H](O)[C@H](O)[C@@H](O)[C@H]1O. The normalized spacial score (nSPS) is 51.5. The molecule has 0 spiro atoms. The minimum absolute atomic E-state index is 0.0676. The Labute approximate surface area is 231 Å². The van der Waals surface area contributed by atoms with Gasteiger partial charge in [0.15, 0.2) is 23.5 Å². The number of alkyl halides is 1. The summed E-state index contributed by atoms with van der Waals surface area (Å²) in [6, 6.07) is 0. The van der Waals surface area contributed by atoms with Crippen molar-refractivity contribution in [2.45, 2.75) is 94.5 Å². The zero-order valence-electron chi connectivity index (χ0n) is 22.9. The van der Waals surface area contributed by atoms with Crippen LogP contribution in [0.3, 0.4) is 0 Å². The lowest BCUT2D eigenvalue weighted by molar-refractivity contribution is -0.286. The van der Waals surface area contributed by atoms with Crippen molar-refractivity contribution < 1.29 is 59.6 Å². The highest BCUT2D eigenvalue weighted by atomic mass is 19.1. The van der Waals surface area contributed by atoms with E-state index >= 15 is 4.39 Å². The number of hydrogen-bond donors (Lipinski definition) is 8. The smallest absolute Gasteiger partial charge is 0.190 e. The molecule has 5 aliphatic rings. The monoisotopic (exact) mass is 572 g/mol. The quantitative estimate of drug-likeness (QED) is 0.199. The number of halogens is 1. The first-order chi connectivity index (χ1) is 18.5. The molecular weight excluding hydrogens is 531 g/mol. The number of allylic oxidation sites excluding steroid dienone is 4. The molecule has 5 rings (SSSR count). The molecule has 1 saturated heterocycles. The number of carbonyl (C=O) groups excluding carboxylic acids is 2. The molecule has 0 radical (unpaired) electrons. The predicted octanol–water partition coefficient (Wildman–Crippen LogP) is -1.33. The summed E-state index contributed by atoms with van der Waals surface area (Å²) >= 11 is 0. The Morgan fingerprint density at radius 3 is 2.33 bits per heavy atom. The van der Waals surface area contributed by atoms with E-state index in [2.05, 4.69) is 4.74 Å². The lowest BCUT2D eigenvalue weighted by Gasteiger charge is -2.62. The molecule has 13 atom stereocenters. The maximum atomic E-state index is 16.9. The van der Waals surface area contributed by atoms with Gasteiger partial charge >= 0.3 is 0 Å². The summed E-state index contributed by atoms with van der Waals surface area (Å²) in [7, 11) is 0. The van der Waals surface area contributed by atoms with Crippen LogP contribution in [0.5, 0.6) is 0 Å². The van der Waals surface area contributed by atoms with Gasteiger partial charge < -0.3 is 45.6 Å². The topological polar surface area (TPSA) is 205 Å². The van der Waals surface area contributed by atoms with E-state index in [1.165, 1.54) is 12.2 Å². The molecule has 4 fully saturated rings. The van der Waals surface area contributed by atoms with Gasteiger partial charge in [-0.05, 0) is 56.6 Å². The van der Waals surface area contributed by atoms with Crippen LogP contribution in [0, 0.1) is 28.6 Å². The summed E-state index contributed by atoms with van der Waals surface area (Å²) in [6.45, 7) is 3.95. The van der Waals surface area contributed by atoms with Crippen molar-refractivity contribution in [3.8, 4) is 0 Å². The molecule has 1 aliphatic heterocycles. The fraction of sp³-hybridized carbons (Fsp3) is 0.786. The van der Waals surface area contributed by atoms with Gasteiger partial charge in [0.25, 0.3) is 0 Å². The van der Waals surface area contributed by atoms with E-state index in [9.17, 15) is 24.9 Å². The van der Waals surface area contributed by atoms with Crippen molar-refractivity contribution in [2.75, 3.05) is 13.2 Å². The molecule has 8 N–H and O–H groups in total. The largest absolute Gasteiger partial charge is 0.394 e. The first-order valence-corrected chi connectivity index (χ1v) is 13.7. The highest BCUT2D eigenvalue weighted by molar-refractivity contribution is 6.01. The van der Waals surface area contributed by atoms with E-state index in [0.29, 0.717) is 24.8 Å². The molecule has 3 saturated carbocycles. The van der Waals surface area contributed by atoms with Crippen LogP contribution < -0.4 is 0 Å². The molecule has 226 valence electrons. The van der Waals surface area contributed by atoms with Crippen LogP contribution in [0.2, 0.25) is 0 Å². The van der Waals surface area contributed by atoms with Gasteiger partial charge in [0.1, 0.15) is 36.6 Å². The van der Waals surface area contributed by atoms with Crippen LogP contribution in [0.15, 0.2) is 23.8 Å². The third-order valence-corrected chi connectivity index (χ3v) is 10.7. The number of aliphatic hydroxyl groups excluding tert-OH is 7. The maximum Gasteiger partial charge on any atom is 0.190 e. The summed E-state index contributed by atoms with van der Waals surface area (Å²) in [5, 5.41) is 76.6. The lowest BCUT2D eigenvalue weighted by Crippen LogP contribution is -2.69. The Morgan fingerprint density at radius 2 is 1.73 bits per heavy atom. The van der Waals surface area contributed by atoms with E-state index in [1.807, 2.05) is 0 Å². The fourth-order valence-electron chi connectivity index (χ4n) is 8.34. The van der Waals surface area contributed by atoms with Gasteiger partial charge in [-0.1, -0.05) is 25.5 Å². The minimum atomic E-state index is -1.98. The van der Waals surface area contributed by atoms with Crippen LogP contribution in [0.25, 0.3) is 0 Å². The molecule has 0 amide bonds. The zero-order chi connectivity index (χ0) is 30.0. The van der Waals surface area contributed by atoms with Crippen molar-refractivity contribution in [1.29, 1.82) is 0 Å². The average molecular weight is 573 g/mol. The molecule has 0 aromatic rings. The number of ether oxygens (including phenoxy) is 1. The third kappa shape index (κ3) is 4.18. The predicted molar refractivity (Wildman–Crippen MR) is 136 cm³/mol. The first kappa shape index (κ1) is 31.3. The Hall–Kier alpha value is -1.61. The van der Waals surface area contributed by atoms with Crippen molar-refractivity contribution >= 4 is 11.6 Å². The van der Waals surface area contributed by atoms with Gasteiger partial charge in [-0.2, -0.15) is 0 Å². The molecule has 12 heteroatoms. The Kier molecular flexibility index (Phi) is 8.29. The van der Waals surface area contributed by atoms with Crippen LogP contribution in [0.1, 0.15) is 46.5 Å². The molecule has 0 bridgehead atoms. The zero-order valence-corrected chi connectivity index (χ0v) is 22.9. The molecule has 40 heavy (non-hydrogen) atoms. The van der Waals surface area contributed by atoms with Gasteiger partial charge in [0.2, 0.25) is 0 Å². The fourth-order valence-corrected chi connectivity index (χ4v) is 8.34. The molecule has 0 aromatic heterocycles. The number of hydrogen-bond acceptors (Lipinski definition) is 11. The number of fused-ring (bicyclic) bond motifs is 5. The Balaban J connectivity index is 0.000000259. The van der Waals surface area contributed by atoms with Crippen LogP contribution >= 0.6 is 0 Å². The van der Waals surface area contributed by atoms with E-state index in [-0.39, 0.29) is 18.1 Å². The van der Waals surface area contributed by atoms with Gasteiger partial charge in [-0.3, -0.25) is 9.59 Å². The molecular formula is C28H41FO11. The molecule has 0 aromatic carbocycles. The lowest BCUT2D eigenvalue weighted by atomic mass is 9.44. The van der Waals surface area contributed by atoms with E-state index in [1.54, 1.807) is 26.8 Å². The Morgan fingerprint density at radius 1 is 1.07 bits per heavy atom. The second kappa shape index (κ2) is 10.6. The van der Waals surface area contributed by atoms with Crippen LogP contribution in [-0.2, 0) is 14.3 Å². The van der Waals surface area contributed by atoms with Gasteiger partial charge in [-0.25, -0.2) is 4.39 Å². The van der Waals surface area contributed by atoms with Gasteiger partial charge in [-0.15, -0.1) is 0 Å². The van der Waals surface area contributed by atoms with E-state index in [4.69, 9.17) is 25.5 Å². The summed E-state index contributed by atoms with van der Waals surface area (Å²) in [4.78, 5) is 24.4. The number of rotatable bonds is 3. The Bertz CT molecular complexity index is 1080. The number of carbonyl (C=O) groups is 2. The second-order valence-electron chi connectivity index (χ2n) is 12.5. The third-order valence-electron chi connectivity index (χ3n) is 10.7. The van der Waals surface area contributed by atoms with Crippen molar-refractivity contribution in [1.82, 2.24) is 0 Å². The van der Waals surface area contributed by atoms with Crippen molar-refractivity contribution in [2.24, 2.45) is 28.6 Å². The minimum Gasteiger partial charge on any atom is -0.394 e. The first-order valence-electron chi connectivity index (χ1n) is 13.7. The number of aliphatic hydroxyl groups is 8. The van der Waals surface area contributed by atoms with Crippen molar-refractivity contribution in [3.63, 3.8) is 0 Å². The molecule has 1 heterocycles. The van der Waals surface area contributed by atoms with Crippen LogP contribution in [-0.4, -0.2) is 114 Å². The van der Waals surface area contributed by atoms with E-state index in [0.717, 1.165) is 0 Å². The second-order valence-corrected chi connectivity index (χ2v) is 12.5. The highest BCUT2D eigenvalue weighted by Crippen LogP contribution is 2.70. The van der Waals surface area contributed by atoms with Crippen molar-refractivity contribution in [3.05, 3.63) is 23.8 Å². The van der Waals surface area contributed by atoms with Gasteiger partial charge in [0, 0.05) is 16.7 Å². The molecule has 11 nitrogen and oxygen atoms in total. The average Bonchev–Trinajstić information content (AvgIpc) is 3.12. The maximum absolute atomic E-state index is 16.9. The number of Topliss-reactive ketones (excluding diaryl/α,β-unsaturated/α-hetero) is 1. The summed E-state index contributed by atoms with van der Waals surface area (Å²) in [5.74, 6) is -2.12.